The molecule has 0 saturated carbocycles. The Labute approximate surface area is 180 Å². The molecule has 2 nitrogen and oxygen atoms in total. The molecule has 0 aliphatic carbocycles. The Hall–Kier alpha value is 0.793. The van der Waals surface area contributed by atoms with Crippen molar-refractivity contribution in [2.75, 3.05) is 11.7 Å². The predicted octanol–water partition coefficient (Wildman–Crippen LogP) is 6.83. The van der Waals surface area contributed by atoms with Gasteiger partial charge in [0.05, 0.1) is 0 Å². The van der Waals surface area contributed by atoms with Gasteiger partial charge in [0, 0.05) is 25.9 Å². The Balaban J connectivity index is 0. The Kier molecular flexibility index (Phi) is 25.6. The van der Waals surface area contributed by atoms with E-state index in [1.165, 1.54) is 83.5 Å². The summed E-state index contributed by atoms with van der Waals surface area (Å²) >= 11 is 8.26. The second-order valence-corrected chi connectivity index (χ2v) is 7.55. The molecule has 0 amide bonds. The third-order valence-corrected chi connectivity index (χ3v) is 5.30. The van der Waals surface area contributed by atoms with Crippen molar-refractivity contribution >= 4 is 31.2 Å². The van der Waals surface area contributed by atoms with Gasteiger partial charge in [-0.15, -0.1) is 12.6 Å². The van der Waals surface area contributed by atoms with Crippen LogP contribution in [-0.4, -0.2) is 17.7 Å². The van der Waals surface area contributed by atoms with E-state index < -0.39 is 0 Å². The van der Waals surface area contributed by atoms with Crippen LogP contribution in [0, 0.1) is 5.92 Å². The molecule has 25 heavy (non-hydrogen) atoms. The number of thiol groups is 2. The molecular formula is C20H40O2S2Zn. The monoisotopic (exact) mass is 440 g/mol. The van der Waals surface area contributed by atoms with Gasteiger partial charge in [-0.3, -0.25) is 4.79 Å². The van der Waals surface area contributed by atoms with Gasteiger partial charge in [-0.2, -0.15) is 12.6 Å². The maximum absolute atomic E-state index is 11.4. The molecule has 0 aromatic rings. The van der Waals surface area contributed by atoms with Crippen LogP contribution < -0.4 is 0 Å². The van der Waals surface area contributed by atoms with E-state index in [0.717, 1.165) is 12.2 Å². The molecule has 5 heteroatoms. The van der Waals surface area contributed by atoms with Gasteiger partial charge < -0.3 is 4.74 Å². The Morgan fingerprint density at radius 2 is 1.24 bits per heavy atom. The summed E-state index contributed by atoms with van der Waals surface area (Å²) in [6.45, 7) is 2.27. The van der Waals surface area contributed by atoms with Gasteiger partial charge in [0.25, 0.3) is 0 Å². The fraction of sp³-hybridized carbons (Fsp3) is 0.950. The first-order valence-corrected chi connectivity index (χ1v) is 11.4. The molecule has 0 heterocycles. The van der Waals surface area contributed by atoms with Crippen LogP contribution in [0.25, 0.3) is 0 Å². The number of unbranched alkanes of at least 4 members (excludes halogenated alkanes) is 12. The van der Waals surface area contributed by atoms with E-state index in [2.05, 4.69) is 32.2 Å². The van der Waals surface area contributed by atoms with Crippen LogP contribution in [-0.2, 0) is 29.0 Å². The van der Waals surface area contributed by atoms with Gasteiger partial charge in [-0.1, -0.05) is 90.4 Å². The standard InChI is InChI=1S/C20H40O2S2.Zn/c1-2-3-4-5-6-7-8-9-10-11-12-13-14-15-19(17-23)16-20(21)22-18-24;/h19,23-24H,2-18H2,1H3;. The first-order chi connectivity index (χ1) is 11.7. The number of hydrogen-bond acceptors (Lipinski definition) is 4. The van der Waals surface area contributed by atoms with E-state index >= 15 is 0 Å². The Morgan fingerprint density at radius 1 is 0.800 bits per heavy atom. The van der Waals surface area contributed by atoms with Crippen molar-refractivity contribution in [2.24, 2.45) is 5.92 Å². The third-order valence-electron chi connectivity index (χ3n) is 4.66. The molecule has 0 fully saturated rings. The van der Waals surface area contributed by atoms with Gasteiger partial charge in [0.1, 0.15) is 5.94 Å². The normalized spacial score (nSPS) is 11.8. The molecule has 0 spiro atoms. The summed E-state index contributed by atoms with van der Waals surface area (Å²) in [6, 6.07) is 0. The van der Waals surface area contributed by atoms with Crippen LogP contribution >= 0.6 is 25.3 Å². The number of ether oxygens (including phenoxy) is 1. The molecule has 0 aliphatic heterocycles. The first kappa shape index (κ1) is 28.0. The molecule has 1 atom stereocenters. The van der Waals surface area contributed by atoms with Crippen LogP contribution in [0.15, 0.2) is 0 Å². The van der Waals surface area contributed by atoms with Crippen molar-refractivity contribution in [1.82, 2.24) is 0 Å². The minimum atomic E-state index is -0.140. The minimum absolute atomic E-state index is 0. The summed E-state index contributed by atoms with van der Waals surface area (Å²) < 4.78 is 4.88. The van der Waals surface area contributed by atoms with E-state index in [4.69, 9.17) is 4.74 Å². The summed E-state index contributed by atoms with van der Waals surface area (Å²) in [5.74, 6) is 1.16. The van der Waals surface area contributed by atoms with Crippen LogP contribution in [0.5, 0.6) is 0 Å². The molecule has 0 aromatic carbocycles. The van der Waals surface area contributed by atoms with Gasteiger partial charge in [0.2, 0.25) is 0 Å². The summed E-state index contributed by atoms with van der Waals surface area (Å²) in [5, 5.41) is 0. The molecular weight excluding hydrogens is 402 g/mol. The molecule has 0 radical (unpaired) electrons. The number of rotatable bonds is 18. The van der Waals surface area contributed by atoms with E-state index in [1.54, 1.807) is 0 Å². The second kappa shape index (κ2) is 22.8. The molecule has 0 bridgehead atoms. The molecule has 0 saturated heterocycles. The average molecular weight is 442 g/mol. The summed E-state index contributed by atoms with van der Waals surface area (Å²) in [4.78, 5) is 11.4. The minimum Gasteiger partial charge on any atom is -0.455 e. The van der Waals surface area contributed by atoms with Crippen LogP contribution in [0.3, 0.4) is 0 Å². The van der Waals surface area contributed by atoms with Gasteiger partial charge >= 0.3 is 5.97 Å². The van der Waals surface area contributed by atoms with Gasteiger partial charge in [0.15, 0.2) is 0 Å². The topological polar surface area (TPSA) is 26.3 Å². The molecule has 146 valence electrons. The quantitative estimate of drug-likeness (QED) is 0.0801. The average Bonchev–Trinajstić information content (AvgIpc) is 2.58. The molecule has 0 N–H and O–H groups in total. The van der Waals surface area contributed by atoms with Crippen LogP contribution in [0.4, 0.5) is 0 Å². The summed E-state index contributed by atoms with van der Waals surface area (Å²) in [7, 11) is 0. The van der Waals surface area contributed by atoms with Crippen LogP contribution in [0.1, 0.15) is 103 Å². The zero-order valence-corrected chi connectivity index (χ0v) is 21.3. The number of carbonyl (C=O) groups excluding carboxylic acids is 1. The molecule has 0 rings (SSSR count). The van der Waals surface area contributed by atoms with E-state index in [0.29, 0.717) is 12.3 Å². The van der Waals surface area contributed by atoms with Gasteiger partial charge in [-0.25, -0.2) is 0 Å². The molecule has 1 unspecified atom stereocenters. The van der Waals surface area contributed by atoms with Crippen molar-refractivity contribution < 1.29 is 29.0 Å². The SMILES string of the molecule is CCCCCCCCCCCCCCCC(CS)CC(=O)OCS.[Zn]. The van der Waals surface area contributed by atoms with E-state index in [1.807, 2.05) is 0 Å². The first-order valence-electron chi connectivity index (χ1n) is 10.1. The van der Waals surface area contributed by atoms with Crippen LogP contribution in [0.2, 0.25) is 0 Å². The maximum atomic E-state index is 11.4. The van der Waals surface area contributed by atoms with Crippen molar-refractivity contribution in [3.8, 4) is 0 Å². The summed E-state index contributed by atoms with van der Waals surface area (Å²) in [5.41, 5.74) is 0. The smallest absolute Gasteiger partial charge is 0.306 e. The van der Waals surface area contributed by atoms with Crippen molar-refractivity contribution in [3.05, 3.63) is 0 Å². The molecule has 0 aromatic heterocycles. The van der Waals surface area contributed by atoms with E-state index in [9.17, 15) is 4.79 Å². The number of hydrogen-bond donors (Lipinski definition) is 2. The number of carbonyl (C=O) groups is 1. The fourth-order valence-corrected chi connectivity index (χ4v) is 3.53. The van der Waals surface area contributed by atoms with Crippen molar-refractivity contribution in [3.63, 3.8) is 0 Å². The third kappa shape index (κ3) is 21.0. The maximum Gasteiger partial charge on any atom is 0.306 e. The fourth-order valence-electron chi connectivity index (χ4n) is 3.08. The van der Waals surface area contributed by atoms with Crippen molar-refractivity contribution in [1.29, 1.82) is 0 Å². The largest absolute Gasteiger partial charge is 0.455 e. The zero-order chi connectivity index (χ0) is 17.9. The van der Waals surface area contributed by atoms with Gasteiger partial charge in [-0.05, 0) is 18.1 Å². The number of esters is 1. The molecule has 0 aliphatic rings. The second-order valence-electron chi connectivity index (χ2n) is 6.93. The summed E-state index contributed by atoms with van der Waals surface area (Å²) in [6.07, 6.45) is 19.4. The Morgan fingerprint density at radius 3 is 1.64 bits per heavy atom. The van der Waals surface area contributed by atoms with Crippen molar-refractivity contribution in [2.45, 2.75) is 103 Å². The predicted molar refractivity (Wildman–Crippen MR) is 112 cm³/mol. The Bertz CT molecular complexity index is 278. The zero-order valence-electron chi connectivity index (χ0n) is 16.5. The van der Waals surface area contributed by atoms with E-state index in [-0.39, 0.29) is 31.4 Å².